The second-order valence-corrected chi connectivity index (χ2v) is 12.5. The fraction of sp³-hybridized carbons (Fsp3) is 0.0732. The normalized spacial score (nSPS) is 13.6. The van der Waals surface area contributed by atoms with Crippen LogP contribution in [0.1, 0.15) is 13.8 Å². The van der Waals surface area contributed by atoms with E-state index in [-0.39, 0.29) is 5.41 Å². The lowest BCUT2D eigenvalue weighted by Crippen LogP contribution is -2.30. The van der Waals surface area contributed by atoms with Crippen molar-refractivity contribution in [3.63, 3.8) is 0 Å². The molecule has 0 N–H and O–H groups in total. The summed E-state index contributed by atoms with van der Waals surface area (Å²) in [5, 5.41) is 5.62. The van der Waals surface area contributed by atoms with Gasteiger partial charge in [-0.2, -0.15) is 0 Å². The van der Waals surface area contributed by atoms with Gasteiger partial charge in [-0.25, -0.2) is 9.97 Å². The van der Waals surface area contributed by atoms with Crippen LogP contribution in [-0.2, 0) is 0 Å². The first kappa shape index (κ1) is 25.7. The van der Waals surface area contributed by atoms with Crippen molar-refractivity contribution in [2.24, 2.45) is 5.41 Å². The minimum Gasteiger partial charge on any atom is -0.316 e. The molecule has 3 heterocycles. The van der Waals surface area contributed by atoms with Crippen LogP contribution in [0.2, 0.25) is 0 Å². The van der Waals surface area contributed by atoms with Crippen LogP contribution in [0, 0.1) is 5.41 Å². The van der Waals surface area contributed by atoms with Gasteiger partial charge in [0, 0.05) is 44.2 Å². The topological polar surface area (TPSA) is 35.6 Å². The Morgan fingerprint density at radius 2 is 1.22 bits per heavy atom. The maximum absolute atomic E-state index is 5.39. The van der Waals surface area contributed by atoms with Gasteiger partial charge < -0.3 is 4.57 Å². The average molecular weight is 579 g/mol. The number of nitrogens with zero attached hydrogens (tertiary/aromatic N) is 4. The molecule has 4 heteroatoms. The first-order chi connectivity index (χ1) is 22.0. The van der Waals surface area contributed by atoms with Crippen molar-refractivity contribution < 1.29 is 0 Å². The van der Waals surface area contributed by atoms with Crippen LogP contribution in [0.4, 0.5) is 0 Å². The molecule has 0 unspecified atom stereocenters. The SMILES string of the molecule is CC1(C)C=c2nc(-n3c4ccccc4c4ccc5c(ccn5-c5ccccc5)c43)nc(-c3ccc(-c4ccccc4)cc3)c2=C1. The predicted octanol–water partition coefficient (Wildman–Crippen LogP) is 8.45. The van der Waals surface area contributed by atoms with Crippen molar-refractivity contribution in [1.82, 2.24) is 19.1 Å². The molecule has 0 spiro atoms. The van der Waals surface area contributed by atoms with Crippen LogP contribution < -0.4 is 10.6 Å². The van der Waals surface area contributed by atoms with Gasteiger partial charge in [-0.05, 0) is 47.5 Å². The van der Waals surface area contributed by atoms with E-state index in [0.717, 1.165) is 44.1 Å². The molecule has 0 fully saturated rings. The summed E-state index contributed by atoms with van der Waals surface area (Å²) in [6.45, 7) is 4.46. The molecule has 214 valence electrons. The van der Waals surface area contributed by atoms with Gasteiger partial charge in [0.1, 0.15) is 0 Å². The summed E-state index contributed by atoms with van der Waals surface area (Å²) in [6.07, 6.45) is 6.73. The first-order valence-electron chi connectivity index (χ1n) is 15.4. The summed E-state index contributed by atoms with van der Waals surface area (Å²) in [5.41, 5.74) is 8.82. The highest BCUT2D eigenvalue weighted by molar-refractivity contribution is 6.18. The number of fused-ring (bicyclic) bond motifs is 6. The molecule has 5 aromatic carbocycles. The van der Waals surface area contributed by atoms with Crippen LogP contribution in [0.3, 0.4) is 0 Å². The van der Waals surface area contributed by atoms with Gasteiger partial charge in [0.2, 0.25) is 5.95 Å². The Morgan fingerprint density at radius 3 is 2.02 bits per heavy atom. The highest BCUT2D eigenvalue weighted by Gasteiger charge is 2.23. The van der Waals surface area contributed by atoms with Gasteiger partial charge in [-0.1, -0.05) is 117 Å². The third-order valence-corrected chi connectivity index (χ3v) is 8.99. The predicted molar refractivity (Wildman–Crippen MR) is 186 cm³/mol. The quantitative estimate of drug-likeness (QED) is 0.210. The van der Waals surface area contributed by atoms with Crippen molar-refractivity contribution in [2.75, 3.05) is 0 Å². The van der Waals surface area contributed by atoms with Crippen molar-refractivity contribution in [3.8, 4) is 34.0 Å². The Hall–Kier alpha value is -5.74. The molecule has 0 bridgehead atoms. The largest absolute Gasteiger partial charge is 0.316 e. The molecule has 3 aromatic heterocycles. The molecular formula is C41H30N4. The molecule has 0 aliphatic heterocycles. The summed E-state index contributed by atoms with van der Waals surface area (Å²) in [6, 6.07) is 45.1. The van der Waals surface area contributed by atoms with Crippen molar-refractivity contribution in [3.05, 3.63) is 144 Å². The van der Waals surface area contributed by atoms with Gasteiger partial charge in [0.15, 0.2) is 0 Å². The summed E-state index contributed by atoms with van der Waals surface area (Å²) in [4.78, 5) is 10.7. The Kier molecular flexibility index (Phi) is 5.51. The van der Waals surface area contributed by atoms with E-state index >= 15 is 0 Å². The smallest absolute Gasteiger partial charge is 0.235 e. The zero-order valence-electron chi connectivity index (χ0n) is 25.1. The fourth-order valence-corrected chi connectivity index (χ4v) is 6.96. The molecule has 1 aliphatic rings. The Labute approximate surface area is 260 Å². The van der Waals surface area contributed by atoms with Gasteiger partial charge in [-0.3, -0.25) is 4.57 Å². The van der Waals surface area contributed by atoms with E-state index in [9.17, 15) is 0 Å². The Morgan fingerprint density at radius 1 is 0.533 bits per heavy atom. The minimum atomic E-state index is -0.116. The molecule has 0 radical (unpaired) electrons. The van der Waals surface area contributed by atoms with Crippen LogP contribution in [0.15, 0.2) is 134 Å². The van der Waals surface area contributed by atoms with E-state index in [1.165, 1.54) is 27.3 Å². The van der Waals surface area contributed by atoms with E-state index in [2.05, 4.69) is 169 Å². The van der Waals surface area contributed by atoms with Crippen LogP contribution in [0.5, 0.6) is 0 Å². The molecular weight excluding hydrogens is 548 g/mol. The number of para-hydroxylation sites is 2. The fourth-order valence-electron chi connectivity index (χ4n) is 6.96. The lowest BCUT2D eigenvalue weighted by Gasteiger charge is -2.11. The van der Waals surface area contributed by atoms with Crippen molar-refractivity contribution >= 4 is 44.9 Å². The number of hydrogen-bond donors (Lipinski definition) is 0. The van der Waals surface area contributed by atoms with E-state index < -0.39 is 0 Å². The Bertz CT molecular complexity index is 2540. The molecule has 4 nitrogen and oxygen atoms in total. The third-order valence-electron chi connectivity index (χ3n) is 8.99. The summed E-state index contributed by atoms with van der Waals surface area (Å²) in [5.74, 6) is 0.685. The van der Waals surface area contributed by atoms with E-state index in [0.29, 0.717) is 5.95 Å². The maximum atomic E-state index is 5.39. The Balaban J connectivity index is 1.32. The zero-order valence-corrected chi connectivity index (χ0v) is 25.1. The first-order valence-corrected chi connectivity index (χ1v) is 15.4. The highest BCUT2D eigenvalue weighted by Crippen LogP contribution is 2.37. The molecule has 0 saturated heterocycles. The van der Waals surface area contributed by atoms with Gasteiger partial charge in [-0.15, -0.1) is 0 Å². The van der Waals surface area contributed by atoms with Gasteiger partial charge >= 0.3 is 0 Å². The summed E-state index contributed by atoms with van der Waals surface area (Å²) in [7, 11) is 0. The second kappa shape index (κ2) is 9.63. The number of benzene rings is 5. The third kappa shape index (κ3) is 4.06. The number of aromatic nitrogens is 4. The molecule has 0 atom stereocenters. The van der Waals surface area contributed by atoms with Crippen LogP contribution in [0.25, 0.3) is 78.9 Å². The molecule has 0 amide bonds. The zero-order chi connectivity index (χ0) is 30.1. The van der Waals surface area contributed by atoms with E-state index in [1.807, 2.05) is 0 Å². The number of hydrogen-bond acceptors (Lipinski definition) is 2. The summed E-state index contributed by atoms with van der Waals surface area (Å²) >= 11 is 0. The van der Waals surface area contributed by atoms with Crippen molar-refractivity contribution in [2.45, 2.75) is 13.8 Å². The van der Waals surface area contributed by atoms with Crippen LogP contribution in [-0.4, -0.2) is 19.1 Å². The van der Waals surface area contributed by atoms with Crippen molar-refractivity contribution in [1.29, 1.82) is 0 Å². The standard InChI is InChI=1S/C41H30N4/c1-41(2)25-34-35(26-41)42-40(43-38(34)29-19-17-28(18-20-29)27-11-5-3-6-12-27)45-37-16-10-9-15-31(37)32-21-22-36-33(39(32)45)23-24-44(36)30-13-7-4-8-14-30/h3-26H,1-2H3. The average Bonchev–Trinajstić information content (AvgIpc) is 3.75. The molecule has 0 saturated carbocycles. The molecule has 45 heavy (non-hydrogen) atoms. The minimum absolute atomic E-state index is 0.116. The molecule has 9 rings (SSSR count). The highest BCUT2D eigenvalue weighted by atomic mass is 15.2. The van der Waals surface area contributed by atoms with Crippen LogP contribution >= 0.6 is 0 Å². The second-order valence-electron chi connectivity index (χ2n) is 12.5. The lowest BCUT2D eigenvalue weighted by atomic mass is 9.95. The number of rotatable bonds is 4. The molecule has 1 aliphatic carbocycles. The summed E-state index contributed by atoms with van der Waals surface area (Å²) < 4.78 is 4.52. The lowest BCUT2D eigenvalue weighted by molar-refractivity contribution is 0.723. The van der Waals surface area contributed by atoms with E-state index in [1.54, 1.807) is 0 Å². The van der Waals surface area contributed by atoms with E-state index in [4.69, 9.17) is 9.97 Å². The molecule has 8 aromatic rings. The maximum Gasteiger partial charge on any atom is 0.235 e. The monoisotopic (exact) mass is 578 g/mol. The van der Waals surface area contributed by atoms with Gasteiger partial charge in [0.25, 0.3) is 0 Å². The van der Waals surface area contributed by atoms with Gasteiger partial charge in [0.05, 0.1) is 27.6 Å².